The van der Waals surface area contributed by atoms with E-state index >= 15 is 0 Å². The summed E-state index contributed by atoms with van der Waals surface area (Å²) in [4.78, 5) is 19.8. The van der Waals surface area contributed by atoms with Crippen LogP contribution in [0.2, 0.25) is 0 Å². The number of hydrogen-bond donors (Lipinski definition) is 1. The van der Waals surface area contributed by atoms with Crippen LogP contribution in [0.25, 0.3) is 10.2 Å². The molecule has 2 aliphatic carbocycles. The Morgan fingerprint density at radius 2 is 1.85 bits per heavy atom. The molecule has 2 saturated carbocycles. The minimum atomic E-state index is 0. The third-order valence-corrected chi connectivity index (χ3v) is 7.57. The highest BCUT2D eigenvalue weighted by Crippen LogP contribution is 2.43. The van der Waals surface area contributed by atoms with Gasteiger partial charge in [-0.1, -0.05) is 18.6 Å². The first-order valence-corrected chi connectivity index (χ1v) is 10.2. The molecule has 150 valence electrons. The predicted octanol–water partition coefficient (Wildman–Crippen LogP) is 4.81. The van der Waals surface area contributed by atoms with Crippen LogP contribution in [-0.4, -0.2) is 28.9 Å². The predicted molar refractivity (Wildman–Crippen MR) is 117 cm³/mol. The number of nitrogens with two attached hydrogens (primary N) is 1. The van der Waals surface area contributed by atoms with E-state index in [2.05, 4.69) is 13.0 Å². The highest BCUT2D eigenvalue weighted by molar-refractivity contribution is 7.18. The van der Waals surface area contributed by atoms with Gasteiger partial charge in [0, 0.05) is 19.0 Å². The average molecular weight is 430 g/mol. The molecule has 0 radical (unpaired) electrons. The molecular weight excluding hydrogens is 401 g/mol. The van der Waals surface area contributed by atoms with Gasteiger partial charge in [-0.15, -0.1) is 36.2 Å². The lowest BCUT2D eigenvalue weighted by Crippen LogP contribution is -2.49. The van der Waals surface area contributed by atoms with E-state index in [0.29, 0.717) is 17.9 Å². The first-order valence-electron chi connectivity index (χ1n) is 9.42. The standard InChI is InChI=1S/C20H27N3OS.2ClH/c1-12(19-22-16-8-3-4-9-17(16)25-19)23(2)20(24)15-10-13-6-5-7-14(11-15)18(13)21;;/h3-4,8-9,12-15,18H,5-7,10-11,21H2,1-2H3;2*1H. The molecule has 27 heavy (non-hydrogen) atoms. The van der Waals surface area contributed by atoms with Crippen LogP contribution in [0, 0.1) is 17.8 Å². The number of thiazole rings is 1. The van der Waals surface area contributed by atoms with E-state index in [-0.39, 0.29) is 42.7 Å². The summed E-state index contributed by atoms with van der Waals surface area (Å²) in [6.07, 6.45) is 5.60. The van der Waals surface area contributed by atoms with Gasteiger partial charge in [0.25, 0.3) is 0 Å². The Kier molecular flexibility index (Phi) is 7.54. The van der Waals surface area contributed by atoms with Crippen molar-refractivity contribution in [2.24, 2.45) is 23.5 Å². The maximum absolute atomic E-state index is 13.1. The fourth-order valence-electron chi connectivity index (χ4n) is 4.70. The third-order valence-electron chi connectivity index (χ3n) is 6.36. The molecule has 0 spiro atoms. The van der Waals surface area contributed by atoms with E-state index in [1.54, 1.807) is 11.3 Å². The summed E-state index contributed by atoms with van der Waals surface area (Å²) in [6, 6.07) is 8.50. The van der Waals surface area contributed by atoms with E-state index in [9.17, 15) is 4.79 Å². The van der Waals surface area contributed by atoms with Crippen molar-refractivity contribution in [3.8, 4) is 0 Å². The number of hydrogen-bond acceptors (Lipinski definition) is 4. The molecule has 0 saturated heterocycles. The van der Waals surface area contributed by atoms with Crippen molar-refractivity contribution in [3.05, 3.63) is 29.3 Å². The number of aromatic nitrogens is 1. The van der Waals surface area contributed by atoms with E-state index in [1.165, 1.54) is 24.0 Å². The molecule has 1 amide bonds. The summed E-state index contributed by atoms with van der Waals surface area (Å²) in [5, 5.41) is 1.02. The SMILES string of the molecule is CC(c1nc2ccccc2s1)N(C)C(=O)C1CC2CCCC(C1)C2N.Cl.Cl. The van der Waals surface area contributed by atoms with Gasteiger partial charge in [0.05, 0.1) is 16.3 Å². The molecule has 1 heterocycles. The lowest BCUT2D eigenvalue weighted by Gasteiger charge is -2.44. The number of benzene rings is 1. The van der Waals surface area contributed by atoms with E-state index < -0.39 is 0 Å². The van der Waals surface area contributed by atoms with E-state index in [1.807, 2.05) is 30.1 Å². The van der Waals surface area contributed by atoms with Gasteiger partial charge in [-0.25, -0.2) is 4.98 Å². The number of carbonyl (C=O) groups excluding carboxylic acids is 1. The van der Waals surface area contributed by atoms with Crippen LogP contribution >= 0.6 is 36.2 Å². The Balaban J connectivity index is 0.00000131. The first kappa shape index (κ1) is 22.4. The normalized spacial score (nSPS) is 28.0. The monoisotopic (exact) mass is 429 g/mol. The Morgan fingerprint density at radius 1 is 1.22 bits per heavy atom. The number of amides is 1. The van der Waals surface area contributed by atoms with Crippen molar-refractivity contribution in [2.75, 3.05) is 7.05 Å². The molecule has 2 aliphatic rings. The van der Waals surface area contributed by atoms with E-state index in [0.717, 1.165) is 23.4 Å². The maximum atomic E-state index is 13.1. The van der Waals surface area contributed by atoms with E-state index in [4.69, 9.17) is 10.7 Å². The van der Waals surface area contributed by atoms with Gasteiger partial charge in [0.1, 0.15) is 5.01 Å². The van der Waals surface area contributed by atoms with Gasteiger partial charge in [0.2, 0.25) is 5.91 Å². The highest BCUT2D eigenvalue weighted by Gasteiger charge is 2.41. The third kappa shape index (κ3) is 4.26. The van der Waals surface area contributed by atoms with Gasteiger partial charge in [-0.05, 0) is 56.6 Å². The second-order valence-corrected chi connectivity index (χ2v) is 8.90. The Hall–Kier alpha value is -0.880. The largest absolute Gasteiger partial charge is 0.336 e. The van der Waals surface area contributed by atoms with Crippen LogP contribution < -0.4 is 5.73 Å². The summed E-state index contributed by atoms with van der Waals surface area (Å²) in [7, 11) is 1.93. The number of rotatable bonds is 3. The molecule has 2 aromatic rings. The fourth-order valence-corrected chi connectivity index (χ4v) is 5.77. The van der Waals surface area contributed by atoms with Crippen LogP contribution in [0.15, 0.2) is 24.3 Å². The summed E-state index contributed by atoms with van der Waals surface area (Å²) in [5.41, 5.74) is 7.41. The summed E-state index contributed by atoms with van der Waals surface area (Å²) in [6.45, 7) is 2.09. The van der Waals surface area contributed by atoms with Gasteiger partial charge in [-0.2, -0.15) is 0 Å². The number of carbonyl (C=O) groups is 1. The molecule has 4 nitrogen and oxygen atoms in total. The Bertz CT molecular complexity index is 736. The van der Waals surface area contributed by atoms with Gasteiger partial charge < -0.3 is 10.6 Å². The number of halogens is 2. The molecule has 3 unspecified atom stereocenters. The minimum absolute atomic E-state index is 0. The highest BCUT2D eigenvalue weighted by atomic mass is 35.5. The molecule has 3 atom stereocenters. The van der Waals surface area contributed by atoms with Gasteiger partial charge in [-0.3, -0.25) is 4.79 Å². The summed E-state index contributed by atoms with van der Waals surface area (Å²) in [5.74, 6) is 1.48. The van der Waals surface area contributed by atoms with Crippen molar-refractivity contribution < 1.29 is 4.79 Å². The lowest BCUT2D eigenvalue weighted by molar-refractivity contribution is -0.139. The molecule has 4 rings (SSSR count). The Labute approximate surface area is 177 Å². The zero-order valence-electron chi connectivity index (χ0n) is 15.8. The van der Waals surface area contributed by atoms with Gasteiger partial charge in [0.15, 0.2) is 0 Å². The zero-order valence-corrected chi connectivity index (χ0v) is 18.3. The van der Waals surface area contributed by atoms with Crippen molar-refractivity contribution in [1.29, 1.82) is 0 Å². The van der Waals surface area contributed by atoms with Crippen molar-refractivity contribution >= 4 is 52.3 Å². The topological polar surface area (TPSA) is 59.2 Å². The smallest absolute Gasteiger partial charge is 0.226 e. The molecule has 2 N–H and O–H groups in total. The molecule has 2 fully saturated rings. The Morgan fingerprint density at radius 3 is 2.48 bits per heavy atom. The lowest BCUT2D eigenvalue weighted by atomic mass is 9.65. The molecule has 1 aromatic carbocycles. The second kappa shape index (κ2) is 9.08. The number of nitrogens with zero attached hydrogens (tertiary/aromatic N) is 2. The molecule has 7 heteroatoms. The summed E-state index contributed by atoms with van der Waals surface area (Å²) >= 11 is 1.69. The van der Waals surface area contributed by atoms with Crippen molar-refractivity contribution in [2.45, 2.75) is 51.1 Å². The maximum Gasteiger partial charge on any atom is 0.226 e. The average Bonchev–Trinajstić information content (AvgIpc) is 3.03. The summed E-state index contributed by atoms with van der Waals surface area (Å²) < 4.78 is 1.18. The molecular formula is C20H29Cl2N3OS. The molecule has 1 aromatic heterocycles. The quantitative estimate of drug-likeness (QED) is 0.760. The van der Waals surface area contributed by atoms with Crippen molar-refractivity contribution in [3.63, 3.8) is 0 Å². The first-order chi connectivity index (χ1) is 12.0. The second-order valence-electron chi connectivity index (χ2n) is 7.84. The van der Waals surface area contributed by atoms with Crippen LogP contribution in [0.5, 0.6) is 0 Å². The van der Waals surface area contributed by atoms with Crippen LogP contribution in [0.3, 0.4) is 0 Å². The van der Waals surface area contributed by atoms with Crippen LogP contribution in [0.1, 0.15) is 50.1 Å². The minimum Gasteiger partial charge on any atom is -0.336 e. The number of fused-ring (bicyclic) bond motifs is 3. The fraction of sp³-hybridized carbons (Fsp3) is 0.600. The van der Waals surface area contributed by atoms with Crippen LogP contribution in [-0.2, 0) is 4.79 Å². The molecule has 2 bridgehead atoms. The number of para-hydroxylation sites is 1. The van der Waals surface area contributed by atoms with Crippen LogP contribution in [0.4, 0.5) is 0 Å². The van der Waals surface area contributed by atoms with Crippen molar-refractivity contribution in [1.82, 2.24) is 9.88 Å². The zero-order chi connectivity index (χ0) is 17.6. The molecule has 0 aliphatic heterocycles. The van der Waals surface area contributed by atoms with Gasteiger partial charge >= 0.3 is 0 Å².